The highest BCUT2D eigenvalue weighted by molar-refractivity contribution is 5.96. The number of alkyl halides is 3. The van der Waals surface area contributed by atoms with Gasteiger partial charge in [0.1, 0.15) is 17.0 Å². The van der Waals surface area contributed by atoms with Gasteiger partial charge in [0.25, 0.3) is 11.8 Å². The summed E-state index contributed by atoms with van der Waals surface area (Å²) in [5.74, 6) is -0.151. The number of rotatable bonds is 3. The fourth-order valence-electron chi connectivity index (χ4n) is 3.61. The second-order valence-electron chi connectivity index (χ2n) is 7.42. The molecule has 1 saturated heterocycles. The molecule has 2 amide bonds. The normalized spacial score (nSPS) is 17.5. The molecule has 1 aliphatic rings. The Hall–Kier alpha value is -2.91. The second kappa shape index (κ2) is 8.45. The molecule has 0 saturated carbocycles. The summed E-state index contributed by atoms with van der Waals surface area (Å²) < 4.78 is 43.4. The Labute approximate surface area is 171 Å². The zero-order valence-electron chi connectivity index (χ0n) is 17.0. The highest BCUT2D eigenvalue weighted by Crippen LogP contribution is 2.28. The monoisotopic (exact) mass is 424 g/mol. The fourth-order valence-corrected chi connectivity index (χ4v) is 3.61. The summed E-state index contributed by atoms with van der Waals surface area (Å²) in [7, 11) is 0. The molecule has 1 aliphatic heterocycles. The van der Waals surface area contributed by atoms with Crippen molar-refractivity contribution in [2.24, 2.45) is 0 Å². The van der Waals surface area contributed by atoms with Gasteiger partial charge in [0.05, 0.1) is 17.0 Å². The molecule has 10 heteroatoms. The van der Waals surface area contributed by atoms with E-state index in [0.717, 1.165) is 12.1 Å². The van der Waals surface area contributed by atoms with E-state index in [1.54, 1.807) is 18.7 Å². The van der Waals surface area contributed by atoms with Gasteiger partial charge in [0, 0.05) is 19.1 Å². The number of carbonyl (C=O) groups excluding carboxylic acids is 2. The van der Waals surface area contributed by atoms with Crippen molar-refractivity contribution in [2.75, 3.05) is 13.1 Å². The van der Waals surface area contributed by atoms with Crippen LogP contribution in [0.2, 0.25) is 0 Å². The van der Waals surface area contributed by atoms with Crippen LogP contribution in [-0.2, 0) is 6.18 Å². The highest BCUT2D eigenvalue weighted by Gasteiger charge is 2.33. The Morgan fingerprint density at radius 3 is 2.47 bits per heavy atom. The van der Waals surface area contributed by atoms with E-state index in [0.29, 0.717) is 49.4 Å². The van der Waals surface area contributed by atoms with E-state index in [1.165, 1.54) is 6.92 Å². The predicted molar refractivity (Wildman–Crippen MR) is 101 cm³/mol. The average Bonchev–Trinajstić information content (AvgIpc) is 2.86. The van der Waals surface area contributed by atoms with Gasteiger partial charge in [0.2, 0.25) is 0 Å². The van der Waals surface area contributed by atoms with Gasteiger partial charge in [-0.1, -0.05) is 5.16 Å². The molecular formula is C20H23F3N4O3. The Morgan fingerprint density at radius 1 is 1.13 bits per heavy atom. The van der Waals surface area contributed by atoms with Crippen LogP contribution in [0, 0.1) is 20.8 Å². The van der Waals surface area contributed by atoms with Gasteiger partial charge >= 0.3 is 6.18 Å². The number of hydrogen-bond acceptors (Lipinski definition) is 5. The third kappa shape index (κ3) is 4.63. The first-order valence-electron chi connectivity index (χ1n) is 9.65. The zero-order valence-corrected chi connectivity index (χ0v) is 17.0. The van der Waals surface area contributed by atoms with Crippen LogP contribution < -0.4 is 5.32 Å². The molecule has 3 rings (SSSR count). The van der Waals surface area contributed by atoms with E-state index in [1.807, 2.05) is 0 Å². The van der Waals surface area contributed by atoms with Crippen molar-refractivity contribution < 1.29 is 27.3 Å². The summed E-state index contributed by atoms with van der Waals surface area (Å²) in [5, 5.41) is 6.68. The van der Waals surface area contributed by atoms with Gasteiger partial charge in [-0.05, 0) is 52.2 Å². The first kappa shape index (κ1) is 21.8. The topological polar surface area (TPSA) is 88.3 Å². The molecule has 2 aromatic heterocycles. The summed E-state index contributed by atoms with van der Waals surface area (Å²) in [6, 6.07) is 1.76. The number of halogens is 3. The molecule has 30 heavy (non-hydrogen) atoms. The summed E-state index contributed by atoms with van der Waals surface area (Å²) in [5.41, 5.74) is 0.0994. The largest absolute Gasteiger partial charge is 0.433 e. The van der Waals surface area contributed by atoms with Gasteiger partial charge in [0.15, 0.2) is 0 Å². The quantitative estimate of drug-likeness (QED) is 0.816. The molecule has 162 valence electrons. The van der Waals surface area contributed by atoms with Crippen LogP contribution in [0.1, 0.15) is 62.8 Å². The molecule has 7 nitrogen and oxygen atoms in total. The Kier molecular flexibility index (Phi) is 6.14. The van der Waals surface area contributed by atoms with E-state index in [-0.39, 0.29) is 23.2 Å². The van der Waals surface area contributed by atoms with Crippen LogP contribution in [0.3, 0.4) is 0 Å². The lowest BCUT2D eigenvalue weighted by Crippen LogP contribution is -2.37. The first-order chi connectivity index (χ1) is 14.1. The van der Waals surface area contributed by atoms with Crippen molar-refractivity contribution >= 4 is 11.8 Å². The smallest absolute Gasteiger partial charge is 0.361 e. The fraction of sp³-hybridized carbons (Fsp3) is 0.500. The van der Waals surface area contributed by atoms with Crippen LogP contribution in [-0.4, -0.2) is 46.0 Å². The van der Waals surface area contributed by atoms with Crippen LogP contribution >= 0.6 is 0 Å². The Morgan fingerprint density at radius 2 is 1.87 bits per heavy atom. The summed E-state index contributed by atoms with van der Waals surface area (Å²) in [6.45, 7) is 5.76. The van der Waals surface area contributed by atoms with Gasteiger partial charge in [-0.3, -0.25) is 9.59 Å². The molecule has 0 radical (unpaired) electrons. The maximum Gasteiger partial charge on any atom is 0.433 e. The van der Waals surface area contributed by atoms with E-state index in [2.05, 4.69) is 15.5 Å². The number of likely N-dealkylation sites (tertiary alicyclic amines) is 1. The number of nitrogens with zero attached hydrogens (tertiary/aromatic N) is 3. The molecule has 0 unspecified atom stereocenters. The SMILES string of the molecule is Cc1nc(C(F)(F)F)ccc1C(=O)N[C@@H]1CCCN(C(=O)c2c(C)noc2C)CC1. The molecule has 3 heterocycles. The van der Waals surface area contributed by atoms with Crippen molar-refractivity contribution in [3.63, 3.8) is 0 Å². The maximum absolute atomic E-state index is 12.8. The van der Waals surface area contributed by atoms with Crippen molar-refractivity contribution in [1.82, 2.24) is 20.4 Å². The van der Waals surface area contributed by atoms with E-state index in [9.17, 15) is 22.8 Å². The minimum atomic E-state index is -4.56. The van der Waals surface area contributed by atoms with E-state index in [4.69, 9.17) is 4.52 Å². The van der Waals surface area contributed by atoms with Crippen molar-refractivity contribution in [3.05, 3.63) is 46.1 Å². The molecular weight excluding hydrogens is 401 g/mol. The lowest BCUT2D eigenvalue weighted by atomic mass is 10.1. The lowest BCUT2D eigenvalue weighted by Gasteiger charge is -2.21. The van der Waals surface area contributed by atoms with E-state index < -0.39 is 17.8 Å². The second-order valence-corrected chi connectivity index (χ2v) is 7.42. The summed E-state index contributed by atoms with van der Waals surface area (Å²) in [4.78, 5) is 30.6. The zero-order chi connectivity index (χ0) is 22.1. The van der Waals surface area contributed by atoms with Crippen LogP contribution in [0.15, 0.2) is 16.7 Å². The molecule has 0 aromatic carbocycles. The molecule has 1 fully saturated rings. The van der Waals surface area contributed by atoms with Gasteiger partial charge in [-0.15, -0.1) is 0 Å². The number of carbonyl (C=O) groups is 2. The first-order valence-corrected chi connectivity index (χ1v) is 9.65. The number of amides is 2. The van der Waals surface area contributed by atoms with Gasteiger partial charge in [-0.2, -0.15) is 13.2 Å². The molecule has 0 bridgehead atoms. The van der Waals surface area contributed by atoms with Crippen molar-refractivity contribution in [3.8, 4) is 0 Å². The number of pyridine rings is 1. The maximum atomic E-state index is 12.8. The Bertz CT molecular complexity index is 936. The average molecular weight is 424 g/mol. The number of aromatic nitrogens is 2. The van der Waals surface area contributed by atoms with Crippen molar-refractivity contribution in [2.45, 2.75) is 52.3 Å². The number of aryl methyl sites for hydroxylation is 3. The minimum absolute atomic E-state index is 0.0196. The predicted octanol–water partition coefficient (Wildman–Crippen LogP) is 3.44. The lowest BCUT2D eigenvalue weighted by molar-refractivity contribution is -0.141. The van der Waals surface area contributed by atoms with Crippen LogP contribution in [0.25, 0.3) is 0 Å². The van der Waals surface area contributed by atoms with Gasteiger partial charge < -0.3 is 14.7 Å². The highest BCUT2D eigenvalue weighted by atomic mass is 19.4. The third-order valence-electron chi connectivity index (χ3n) is 5.22. The molecule has 0 aliphatic carbocycles. The Balaban J connectivity index is 1.64. The minimum Gasteiger partial charge on any atom is -0.361 e. The molecule has 2 aromatic rings. The van der Waals surface area contributed by atoms with Crippen LogP contribution in [0.5, 0.6) is 0 Å². The van der Waals surface area contributed by atoms with Gasteiger partial charge in [-0.25, -0.2) is 4.98 Å². The molecule has 0 spiro atoms. The van der Waals surface area contributed by atoms with E-state index >= 15 is 0 Å². The van der Waals surface area contributed by atoms with Crippen LogP contribution in [0.4, 0.5) is 13.2 Å². The summed E-state index contributed by atoms with van der Waals surface area (Å²) >= 11 is 0. The molecule has 1 atom stereocenters. The summed E-state index contributed by atoms with van der Waals surface area (Å²) in [6.07, 6.45) is -2.68. The standard InChI is InChI=1S/C20H23F3N4O3/c1-11-15(6-7-16(24-11)20(21,22)23)18(28)25-14-5-4-9-27(10-8-14)19(29)17-12(2)26-30-13(17)3/h6-7,14H,4-5,8-10H2,1-3H3,(H,25,28)/t14-/m1/s1. The van der Waals surface area contributed by atoms with Crippen molar-refractivity contribution in [1.29, 1.82) is 0 Å². The third-order valence-corrected chi connectivity index (χ3v) is 5.22. The molecule has 1 N–H and O–H groups in total. The number of hydrogen-bond donors (Lipinski definition) is 1. The number of nitrogens with one attached hydrogen (secondary N) is 1.